The number of nitrogens with zero attached hydrogens (tertiary/aromatic N) is 3. The van der Waals surface area contributed by atoms with Gasteiger partial charge in [0.1, 0.15) is 17.3 Å². The summed E-state index contributed by atoms with van der Waals surface area (Å²) in [6.45, 7) is 3.35. The van der Waals surface area contributed by atoms with Gasteiger partial charge in [-0.15, -0.1) is 0 Å². The van der Waals surface area contributed by atoms with Gasteiger partial charge in [-0.05, 0) is 19.2 Å². The molecule has 0 saturated carbocycles. The number of hydrogen-bond donors (Lipinski definition) is 1. The standard InChI is InChI=1S/C14H22N4O/c1-4-11-5-6-13(19-11)12(9-15)18(3)10-14-16-7-8-17(14)2/h5-8,12H,4,9-10,15H2,1-3H3. The summed E-state index contributed by atoms with van der Waals surface area (Å²) < 4.78 is 7.83. The van der Waals surface area contributed by atoms with Gasteiger partial charge < -0.3 is 14.7 Å². The Bertz CT molecular complexity index is 517. The first-order valence-corrected chi connectivity index (χ1v) is 6.60. The van der Waals surface area contributed by atoms with Gasteiger partial charge in [0.15, 0.2) is 0 Å². The Morgan fingerprint density at radius 3 is 2.79 bits per heavy atom. The Labute approximate surface area is 114 Å². The molecule has 2 heterocycles. The van der Waals surface area contributed by atoms with Crippen molar-refractivity contribution in [3.63, 3.8) is 0 Å². The molecule has 0 bridgehead atoms. The van der Waals surface area contributed by atoms with Crippen LogP contribution in [0.2, 0.25) is 0 Å². The van der Waals surface area contributed by atoms with Crippen LogP contribution >= 0.6 is 0 Å². The van der Waals surface area contributed by atoms with E-state index in [9.17, 15) is 0 Å². The van der Waals surface area contributed by atoms with Crippen LogP contribution in [0.4, 0.5) is 0 Å². The number of furan rings is 1. The van der Waals surface area contributed by atoms with Crippen LogP contribution in [0.3, 0.4) is 0 Å². The van der Waals surface area contributed by atoms with E-state index >= 15 is 0 Å². The second-order valence-corrected chi connectivity index (χ2v) is 4.78. The zero-order chi connectivity index (χ0) is 13.8. The van der Waals surface area contributed by atoms with Crippen molar-refractivity contribution in [1.82, 2.24) is 14.5 Å². The Kier molecular flexibility index (Phi) is 4.39. The molecule has 0 spiro atoms. The number of rotatable bonds is 6. The van der Waals surface area contributed by atoms with Crippen LogP contribution in [0.1, 0.15) is 30.3 Å². The summed E-state index contributed by atoms with van der Waals surface area (Å²) in [6.07, 6.45) is 4.66. The first-order chi connectivity index (χ1) is 9.15. The molecule has 1 atom stereocenters. The summed E-state index contributed by atoms with van der Waals surface area (Å²) in [7, 11) is 4.04. The second kappa shape index (κ2) is 6.04. The predicted molar refractivity (Wildman–Crippen MR) is 74.6 cm³/mol. The molecule has 2 rings (SSSR count). The van der Waals surface area contributed by atoms with Crippen LogP contribution in [0.5, 0.6) is 0 Å². The van der Waals surface area contributed by atoms with Gasteiger partial charge in [-0.2, -0.15) is 0 Å². The summed E-state index contributed by atoms with van der Waals surface area (Å²) in [5, 5.41) is 0. The van der Waals surface area contributed by atoms with Crippen molar-refractivity contribution in [3.8, 4) is 0 Å². The highest BCUT2D eigenvalue weighted by atomic mass is 16.3. The van der Waals surface area contributed by atoms with Crippen LogP contribution < -0.4 is 5.73 Å². The van der Waals surface area contributed by atoms with Crippen molar-refractivity contribution in [1.29, 1.82) is 0 Å². The van der Waals surface area contributed by atoms with Crippen LogP contribution in [0.15, 0.2) is 28.9 Å². The zero-order valence-corrected chi connectivity index (χ0v) is 11.8. The molecule has 0 amide bonds. The number of likely N-dealkylation sites (N-methyl/N-ethyl adjacent to an activating group) is 1. The molecule has 0 aliphatic heterocycles. The lowest BCUT2D eigenvalue weighted by molar-refractivity contribution is 0.204. The molecule has 5 heteroatoms. The molecule has 1 unspecified atom stereocenters. The fraction of sp³-hybridized carbons (Fsp3) is 0.500. The van der Waals surface area contributed by atoms with Crippen molar-refractivity contribution in [2.45, 2.75) is 25.9 Å². The normalized spacial score (nSPS) is 13.1. The number of hydrogen-bond acceptors (Lipinski definition) is 4. The highest BCUT2D eigenvalue weighted by molar-refractivity contribution is 5.11. The van der Waals surface area contributed by atoms with E-state index < -0.39 is 0 Å². The van der Waals surface area contributed by atoms with E-state index in [0.29, 0.717) is 6.54 Å². The Morgan fingerprint density at radius 2 is 2.26 bits per heavy atom. The van der Waals surface area contributed by atoms with Gasteiger partial charge in [-0.25, -0.2) is 4.98 Å². The number of aryl methyl sites for hydroxylation is 2. The molecule has 0 aliphatic carbocycles. The van der Waals surface area contributed by atoms with Gasteiger partial charge in [0.05, 0.1) is 12.6 Å². The van der Waals surface area contributed by atoms with Crippen molar-refractivity contribution in [3.05, 3.63) is 41.9 Å². The summed E-state index contributed by atoms with van der Waals surface area (Å²) in [5.41, 5.74) is 5.89. The van der Waals surface area contributed by atoms with Crippen molar-refractivity contribution < 1.29 is 4.42 Å². The van der Waals surface area contributed by atoms with Gasteiger partial charge in [0.25, 0.3) is 0 Å². The topological polar surface area (TPSA) is 60.2 Å². The van der Waals surface area contributed by atoms with Crippen molar-refractivity contribution in [2.24, 2.45) is 12.8 Å². The lowest BCUT2D eigenvalue weighted by atomic mass is 10.2. The molecule has 0 fully saturated rings. The molecule has 19 heavy (non-hydrogen) atoms. The van der Waals surface area contributed by atoms with Crippen LogP contribution in [0.25, 0.3) is 0 Å². The van der Waals surface area contributed by atoms with Crippen LogP contribution in [0, 0.1) is 0 Å². The molecule has 2 N–H and O–H groups in total. The second-order valence-electron chi connectivity index (χ2n) is 4.78. The van der Waals surface area contributed by atoms with Crippen molar-refractivity contribution >= 4 is 0 Å². The highest BCUT2D eigenvalue weighted by Crippen LogP contribution is 2.22. The van der Waals surface area contributed by atoms with Gasteiger partial charge in [-0.3, -0.25) is 4.90 Å². The van der Waals surface area contributed by atoms with E-state index in [-0.39, 0.29) is 6.04 Å². The maximum Gasteiger partial charge on any atom is 0.122 e. The minimum absolute atomic E-state index is 0.0806. The zero-order valence-electron chi connectivity index (χ0n) is 11.8. The molecule has 104 valence electrons. The first-order valence-electron chi connectivity index (χ1n) is 6.60. The third-order valence-corrected chi connectivity index (χ3v) is 3.43. The Morgan fingerprint density at radius 1 is 1.47 bits per heavy atom. The highest BCUT2D eigenvalue weighted by Gasteiger charge is 2.20. The quantitative estimate of drug-likeness (QED) is 0.861. The van der Waals surface area contributed by atoms with Crippen LogP contribution in [-0.4, -0.2) is 28.0 Å². The monoisotopic (exact) mass is 262 g/mol. The maximum atomic E-state index is 5.89. The fourth-order valence-electron chi connectivity index (χ4n) is 2.16. The van der Waals surface area contributed by atoms with E-state index in [4.69, 9.17) is 10.2 Å². The molecule has 0 radical (unpaired) electrons. The molecule has 2 aromatic heterocycles. The van der Waals surface area contributed by atoms with E-state index in [0.717, 1.165) is 30.3 Å². The molecular weight excluding hydrogens is 240 g/mol. The SMILES string of the molecule is CCc1ccc(C(CN)N(C)Cc2nccn2C)o1. The van der Waals surface area contributed by atoms with Crippen LogP contribution in [-0.2, 0) is 20.0 Å². The molecule has 5 nitrogen and oxygen atoms in total. The smallest absolute Gasteiger partial charge is 0.122 e. The average molecular weight is 262 g/mol. The fourth-order valence-corrected chi connectivity index (χ4v) is 2.16. The molecular formula is C14H22N4O. The van der Waals surface area contributed by atoms with Gasteiger partial charge in [0.2, 0.25) is 0 Å². The molecule has 2 aromatic rings. The maximum absolute atomic E-state index is 5.89. The molecule has 0 aliphatic rings. The van der Waals surface area contributed by atoms with Gasteiger partial charge in [0, 0.05) is 32.4 Å². The number of aromatic nitrogens is 2. The summed E-state index contributed by atoms with van der Waals surface area (Å²) in [5.74, 6) is 2.94. The first kappa shape index (κ1) is 13.8. The van der Waals surface area contributed by atoms with E-state index in [2.05, 4.69) is 16.8 Å². The predicted octanol–water partition coefficient (Wildman–Crippen LogP) is 1.71. The average Bonchev–Trinajstić information content (AvgIpc) is 3.01. The van der Waals surface area contributed by atoms with E-state index in [1.54, 1.807) is 0 Å². The Balaban J connectivity index is 2.10. The van der Waals surface area contributed by atoms with E-state index in [1.807, 2.05) is 43.2 Å². The number of nitrogens with two attached hydrogens (primary N) is 1. The van der Waals surface area contributed by atoms with Crippen molar-refractivity contribution in [2.75, 3.05) is 13.6 Å². The summed E-state index contributed by atoms with van der Waals surface area (Å²) in [6, 6.07) is 4.12. The minimum atomic E-state index is 0.0806. The third-order valence-electron chi connectivity index (χ3n) is 3.43. The van der Waals surface area contributed by atoms with Gasteiger partial charge in [-0.1, -0.05) is 6.92 Å². The van der Waals surface area contributed by atoms with Gasteiger partial charge >= 0.3 is 0 Å². The largest absolute Gasteiger partial charge is 0.464 e. The summed E-state index contributed by atoms with van der Waals surface area (Å²) >= 11 is 0. The summed E-state index contributed by atoms with van der Waals surface area (Å²) in [4.78, 5) is 6.50. The van der Waals surface area contributed by atoms with E-state index in [1.165, 1.54) is 0 Å². The lowest BCUT2D eigenvalue weighted by Gasteiger charge is -2.24. The lowest BCUT2D eigenvalue weighted by Crippen LogP contribution is -2.30. The minimum Gasteiger partial charge on any atom is -0.464 e. The third kappa shape index (κ3) is 3.05. The Hall–Kier alpha value is -1.59. The number of imidazole rings is 1. The molecule has 0 saturated heterocycles. The molecule has 0 aromatic carbocycles.